The second-order valence-corrected chi connectivity index (χ2v) is 7.12. The standard InChI is InChI=1S/C12H12ClNO6S/c1-14-5-4-10(11(14)15)20-9-3-2-7(21(13,18)19)6-8(9)12(16)17/h2-3,6,10H,4-5H2,1H3,(H,16,17). The summed E-state index contributed by atoms with van der Waals surface area (Å²) in [5, 5.41) is 9.13. The zero-order valence-electron chi connectivity index (χ0n) is 10.9. The molecule has 1 aromatic rings. The maximum atomic E-state index is 11.8. The lowest BCUT2D eigenvalue weighted by atomic mass is 10.2. The van der Waals surface area contributed by atoms with Crippen molar-refractivity contribution >= 4 is 31.6 Å². The van der Waals surface area contributed by atoms with E-state index in [1.54, 1.807) is 7.05 Å². The number of carbonyl (C=O) groups excluding carboxylic acids is 1. The van der Waals surface area contributed by atoms with Gasteiger partial charge in [-0.1, -0.05) is 0 Å². The van der Waals surface area contributed by atoms with Crippen LogP contribution in [0.15, 0.2) is 23.1 Å². The molecule has 1 aliphatic heterocycles. The third kappa shape index (κ3) is 3.27. The second-order valence-electron chi connectivity index (χ2n) is 4.56. The molecule has 2 rings (SSSR count). The number of carboxylic acids is 1. The van der Waals surface area contributed by atoms with Gasteiger partial charge in [0.25, 0.3) is 15.0 Å². The van der Waals surface area contributed by atoms with Gasteiger partial charge < -0.3 is 14.7 Å². The number of hydrogen-bond donors (Lipinski definition) is 1. The first kappa shape index (κ1) is 15.6. The zero-order valence-corrected chi connectivity index (χ0v) is 12.5. The maximum Gasteiger partial charge on any atom is 0.339 e. The summed E-state index contributed by atoms with van der Waals surface area (Å²) in [5.74, 6) is -1.69. The van der Waals surface area contributed by atoms with Gasteiger partial charge in [-0.25, -0.2) is 13.2 Å². The Labute approximate surface area is 125 Å². The number of rotatable bonds is 4. The van der Waals surface area contributed by atoms with Crippen molar-refractivity contribution in [3.63, 3.8) is 0 Å². The number of halogens is 1. The third-order valence-electron chi connectivity index (χ3n) is 3.11. The van der Waals surface area contributed by atoms with E-state index >= 15 is 0 Å². The molecule has 0 spiro atoms. The number of ether oxygens (including phenoxy) is 1. The Morgan fingerprint density at radius 2 is 2.14 bits per heavy atom. The van der Waals surface area contributed by atoms with Crippen LogP contribution in [-0.2, 0) is 13.8 Å². The number of aromatic carboxylic acids is 1. The van der Waals surface area contributed by atoms with Crippen LogP contribution in [-0.4, -0.2) is 50.0 Å². The van der Waals surface area contributed by atoms with Crippen LogP contribution in [0.25, 0.3) is 0 Å². The van der Waals surface area contributed by atoms with Crippen molar-refractivity contribution in [2.75, 3.05) is 13.6 Å². The minimum Gasteiger partial charge on any atom is -0.480 e. The first-order chi connectivity index (χ1) is 9.70. The van der Waals surface area contributed by atoms with Crippen molar-refractivity contribution in [1.82, 2.24) is 4.90 Å². The van der Waals surface area contributed by atoms with Crippen molar-refractivity contribution in [2.24, 2.45) is 0 Å². The molecule has 0 bridgehead atoms. The van der Waals surface area contributed by atoms with E-state index in [0.717, 1.165) is 12.1 Å². The van der Waals surface area contributed by atoms with E-state index in [2.05, 4.69) is 0 Å². The molecule has 1 saturated heterocycles. The molecule has 114 valence electrons. The quantitative estimate of drug-likeness (QED) is 0.822. The molecule has 1 heterocycles. The number of likely N-dealkylation sites (N-methyl/N-ethyl adjacent to an activating group) is 1. The summed E-state index contributed by atoms with van der Waals surface area (Å²) in [7, 11) is 2.75. The second kappa shape index (κ2) is 5.53. The van der Waals surface area contributed by atoms with E-state index in [0.29, 0.717) is 13.0 Å². The molecule has 1 amide bonds. The Balaban J connectivity index is 2.36. The van der Waals surface area contributed by atoms with E-state index in [-0.39, 0.29) is 22.1 Å². The summed E-state index contributed by atoms with van der Waals surface area (Å²) in [4.78, 5) is 24.1. The molecule has 1 unspecified atom stereocenters. The van der Waals surface area contributed by atoms with Gasteiger partial charge in [-0.05, 0) is 18.2 Å². The van der Waals surface area contributed by atoms with Crippen LogP contribution >= 0.6 is 10.7 Å². The SMILES string of the molecule is CN1CCC(Oc2ccc(S(=O)(=O)Cl)cc2C(=O)O)C1=O. The van der Waals surface area contributed by atoms with Crippen LogP contribution in [0.2, 0.25) is 0 Å². The monoisotopic (exact) mass is 333 g/mol. The molecule has 7 nitrogen and oxygen atoms in total. The van der Waals surface area contributed by atoms with Crippen molar-refractivity contribution in [3.8, 4) is 5.75 Å². The average molecular weight is 334 g/mol. The van der Waals surface area contributed by atoms with E-state index in [1.165, 1.54) is 11.0 Å². The highest BCUT2D eigenvalue weighted by atomic mass is 35.7. The Morgan fingerprint density at radius 1 is 1.48 bits per heavy atom. The molecule has 1 aliphatic rings. The van der Waals surface area contributed by atoms with Crippen molar-refractivity contribution in [3.05, 3.63) is 23.8 Å². The van der Waals surface area contributed by atoms with Gasteiger partial charge in [-0.15, -0.1) is 0 Å². The lowest BCUT2D eigenvalue weighted by molar-refractivity contribution is -0.132. The molecule has 1 N–H and O–H groups in total. The molecule has 9 heteroatoms. The van der Waals surface area contributed by atoms with E-state index in [4.69, 9.17) is 20.5 Å². The highest BCUT2D eigenvalue weighted by molar-refractivity contribution is 8.13. The van der Waals surface area contributed by atoms with Crippen LogP contribution in [0.5, 0.6) is 5.75 Å². The fourth-order valence-corrected chi connectivity index (χ4v) is 2.76. The lowest BCUT2D eigenvalue weighted by Crippen LogP contribution is -2.29. The summed E-state index contributed by atoms with van der Waals surface area (Å²) >= 11 is 0. The van der Waals surface area contributed by atoms with Crippen LogP contribution in [0, 0.1) is 0 Å². The molecular weight excluding hydrogens is 322 g/mol. The fraction of sp³-hybridized carbons (Fsp3) is 0.333. The topological polar surface area (TPSA) is 101 Å². The number of benzene rings is 1. The first-order valence-electron chi connectivity index (χ1n) is 5.94. The highest BCUT2D eigenvalue weighted by Gasteiger charge is 2.32. The molecule has 0 radical (unpaired) electrons. The van der Waals surface area contributed by atoms with Gasteiger partial charge >= 0.3 is 5.97 Å². The van der Waals surface area contributed by atoms with Crippen LogP contribution < -0.4 is 4.74 Å². The van der Waals surface area contributed by atoms with Crippen LogP contribution in [0.1, 0.15) is 16.8 Å². The molecule has 0 saturated carbocycles. The highest BCUT2D eigenvalue weighted by Crippen LogP contribution is 2.27. The number of nitrogens with zero attached hydrogens (tertiary/aromatic N) is 1. The summed E-state index contributed by atoms with van der Waals surface area (Å²) < 4.78 is 27.9. The molecule has 21 heavy (non-hydrogen) atoms. The number of likely N-dealkylation sites (tertiary alicyclic amines) is 1. The Bertz CT molecular complexity index is 702. The van der Waals surface area contributed by atoms with Gasteiger partial charge in [0.05, 0.1) is 4.90 Å². The largest absolute Gasteiger partial charge is 0.480 e. The van der Waals surface area contributed by atoms with Gasteiger partial charge in [0.15, 0.2) is 6.10 Å². The van der Waals surface area contributed by atoms with Crippen LogP contribution in [0.4, 0.5) is 0 Å². The smallest absolute Gasteiger partial charge is 0.339 e. The van der Waals surface area contributed by atoms with E-state index in [1.807, 2.05) is 0 Å². The number of carbonyl (C=O) groups is 2. The van der Waals surface area contributed by atoms with Crippen molar-refractivity contribution in [1.29, 1.82) is 0 Å². The Morgan fingerprint density at radius 3 is 2.62 bits per heavy atom. The van der Waals surface area contributed by atoms with E-state index in [9.17, 15) is 18.0 Å². The summed E-state index contributed by atoms with van der Waals surface area (Å²) in [5.41, 5.74) is -0.362. The van der Waals surface area contributed by atoms with Gasteiger partial charge in [0.1, 0.15) is 11.3 Å². The summed E-state index contributed by atoms with van der Waals surface area (Å²) in [6.45, 7) is 0.514. The predicted octanol–water partition coefficient (Wildman–Crippen LogP) is 0.922. The molecule has 1 fully saturated rings. The molecule has 0 aromatic heterocycles. The van der Waals surface area contributed by atoms with Crippen LogP contribution in [0.3, 0.4) is 0 Å². The third-order valence-corrected chi connectivity index (χ3v) is 4.46. The minimum atomic E-state index is -4.04. The Hall–Kier alpha value is -1.80. The zero-order chi connectivity index (χ0) is 15.8. The van der Waals surface area contributed by atoms with Gasteiger partial charge in [-0.3, -0.25) is 4.79 Å². The molecule has 0 aliphatic carbocycles. The van der Waals surface area contributed by atoms with Crippen molar-refractivity contribution in [2.45, 2.75) is 17.4 Å². The minimum absolute atomic E-state index is 0.0692. The first-order valence-corrected chi connectivity index (χ1v) is 8.24. The summed E-state index contributed by atoms with van der Waals surface area (Å²) in [6.07, 6.45) is -0.337. The van der Waals surface area contributed by atoms with E-state index < -0.39 is 21.1 Å². The summed E-state index contributed by atoms with van der Waals surface area (Å²) in [6, 6.07) is 3.22. The lowest BCUT2D eigenvalue weighted by Gasteiger charge is -2.15. The number of hydrogen-bond acceptors (Lipinski definition) is 5. The normalized spacial score (nSPS) is 18.9. The fourth-order valence-electron chi connectivity index (χ4n) is 1.98. The molecule has 1 aromatic carbocycles. The maximum absolute atomic E-state index is 11.8. The molecule has 1 atom stereocenters. The van der Waals surface area contributed by atoms with Gasteiger partial charge in [0.2, 0.25) is 0 Å². The number of carboxylic acid groups (broad SMARTS) is 1. The molecular formula is C12H12ClNO6S. The predicted molar refractivity (Wildman–Crippen MR) is 73.1 cm³/mol. The van der Waals surface area contributed by atoms with Gasteiger partial charge in [-0.2, -0.15) is 0 Å². The Kier molecular flexibility index (Phi) is 4.11. The number of amides is 1. The van der Waals surface area contributed by atoms with Crippen molar-refractivity contribution < 1.29 is 27.9 Å². The van der Waals surface area contributed by atoms with Gasteiger partial charge in [0, 0.05) is 30.7 Å². The average Bonchev–Trinajstić information content (AvgIpc) is 2.69.